The molecule has 1 nitrogen and oxygen atoms in total. The zero-order valence-electron chi connectivity index (χ0n) is 13.1. The lowest BCUT2D eigenvalue weighted by atomic mass is 9.75. The van der Waals surface area contributed by atoms with Crippen molar-refractivity contribution >= 4 is 0 Å². The Kier molecular flexibility index (Phi) is 6.56. The van der Waals surface area contributed by atoms with Gasteiger partial charge in [0.2, 0.25) is 0 Å². The lowest BCUT2D eigenvalue weighted by Crippen LogP contribution is -2.22. The molecular formula is C17H25F3O. The molecule has 0 spiro atoms. The quantitative estimate of drug-likeness (QED) is 0.518. The van der Waals surface area contributed by atoms with E-state index in [-0.39, 0.29) is 11.2 Å². The van der Waals surface area contributed by atoms with Gasteiger partial charge in [-0.3, -0.25) is 0 Å². The Balaban J connectivity index is 2.83. The third-order valence-corrected chi connectivity index (χ3v) is 3.92. The van der Waals surface area contributed by atoms with Gasteiger partial charge in [0, 0.05) is 0 Å². The first-order valence-electron chi connectivity index (χ1n) is 7.67. The van der Waals surface area contributed by atoms with Gasteiger partial charge in [0.25, 0.3) is 0 Å². The van der Waals surface area contributed by atoms with E-state index in [9.17, 15) is 13.2 Å². The summed E-state index contributed by atoms with van der Waals surface area (Å²) in [5.74, 6) is -0.154. The van der Waals surface area contributed by atoms with Crippen LogP contribution in [-0.2, 0) is 5.41 Å². The van der Waals surface area contributed by atoms with Gasteiger partial charge in [-0.1, -0.05) is 58.6 Å². The van der Waals surface area contributed by atoms with Gasteiger partial charge < -0.3 is 4.74 Å². The van der Waals surface area contributed by atoms with Crippen molar-refractivity contribution in [3.63, 3.8) is 0 Å². The summed E-state index contributed by atoms with van der Waals surface area (Å²) in [5.41, 5.74) is 1.12. The highest BCUT2D eigenvalue weighted by Gasteiger charge is 2.31. The number of benzene rings is 1. The monoisotopic (exact) mass is 302 g/mol. The molecule has 0 heterocycles. The molecule has 0 saturated carbocycles. The van der Waals surface area contributed by atoms with Crippen LogP contribution in [0.25, 0.3) is 0 Å². The van der Waals surface area contributed by atoms with Crippen LogP contribution in [-0.4, -0.2) is 6.36 Å². The molecule has 1 unspecified atom stereocenters. The molecule has 21 heavy (non-hydrogen) atoms. The fourth-order valence-corrected chi connectivity index (χ4v) is 2.79. The highest BCUT2D eigenvalue weighted by molar-refractivity contribution is 5.32. The largest absolute Gasteiger partial charge is 0.573 e. The molecule has 1 aromatic rings. The van der Waals surface area contributed by atoms with Crippen molar-refractivity contribution in [1.29, 1.82) is 0 Å². The van der Waals surface area contributed by atoms with Crippen molar-refractivity contribution in [2.45, 2.75) is 71.1 Å². The third-order valence-electron chi connectivity index (χ3n) is 3.92. The minimum Gasteiger partial charge on any atom is -0.406 e. The van der Waals surface area contributed by atoms with Gasteiger partial charge in [-0.05, 0) is 36.0 Å². The maximum Gasteiger partial charge on any atom is 0.573 e. The van der Waals surface area contributed by atoms with Gasteiger partial charge in [-0.25, -0.2) is 0 Å². The Morgan fingerprint density at radius 1 is 0.905 bits per heavy atom. The van der Waals surface area contributed by atoms with E-state index in [0.717, 1.165) is 31.2 Å². The predicted octanol–water partition coefficient (Wildman–Crippen LogP) is 6.22. The first kappa shape index (κ1) is 17.9. The second-order valence-electron chi connectivity index (χ2n) is 5.84. The standard InChI is InChI=1S/C17H25F3O/c1-4-6-7-13-16(3,12-5-2)14-8-10-15(11-9-14)21-17(18,19)20/h8-11H,4-7,12-13H2,1-3H3. The predicted molar refractivity (Wildman–Crippen MR) is 79.5 cm³/mol. The molecule has 0 aromatic heterocycles. The molecule has 1 atom stereocenters. The SMILES string of the molecule is CCCCCC(C)(CCC)c1ccc(OC(F)(F)F)cc1. The van der Waals surface area contributed by atoms with E-state index < -0.39 is 6.36 Å². The van der Waals surface area contributed by atoms with Crippen molar-refractivity contribution in [2.24, 2.45) is 0 Å². The number of hydrogen-bond acceptors (Lipinski definition) is 1. The summed E-state index contributed by atoms with van der Waals surface area (Å²) in [6.07, 6.45) is 2.03. The zero-order valence-corrected chi connectivity index (χ0v) is 13.1. The Morgan fingerprint density at radius 3 is 2.00 bits per heavy atom. The second-order valence-corrected chi connectivity index (χ2v) is 5.84. The zero-order chi connectivity index (χ0) is 15.9. The summed E-state index contributed by atoms with van der Waals surface area (Å²) < 4.78 is 40.5. The third kappa shape index (κ3) is 5.98. The van der Waals surface area contributed by atoms with Crippen LogP contribution in [0, 0.1) is 0 Å². The molecule has 1 rings (SSSR count). The fraction of sp³-hybridized carbons (Fsp3) is 0.647. The Hall–Kier alpha value is -1.19. The van der Waals surface area contributed by atoms with Crippen molar-refractivity contribution < 1.29 is 17.9 Å². The van der Waals surface area contributed by atoms with Crippen LogP contribution < -0.4 is 4.74 Å². The molecule has 0 bridgehead atoms. The van der Waals surface area contributed by atoms with Crippen molar-refractivity contribution in [3.8, 4) is 5.75 Å². The number of unbranched alkanes of at least 4 members (excludes halogenated alkanes) is 2. The molecule has 0 amide bonds. The van der Waals surface area contributed by atoms with E-state index in [1.165, 1.54) is 25.0 Å². The number of rotatable bonds is 8. The van der Waals surface area contributed by atoms with Crippen LogP contribution in [0.15, 0.2) is 24.3 Å². The van der Waals surface area contributed by atoms with E-state index in [1.54, 1.807) is 12.1 Å². The lowest BCUT2D eigenvalue weighted by molar-refractivity contribution is -0.274. The second kappa shape index (κ2) is 7.71. The molecule has 0 aliphatic carbocycles. The van der Waals surface area contributed by atoms with Gasteiger partial charge in [0.05, 0.1) is 0 Å². The number of ether oxygens (including phenoxy) is 1. The average Bonchev–Trinajstić information content (AvgIpc) is 2.38. The van der Waals surface area contributed by atoms with E-state index >= 15 is 0 Å². The maximum atomic E-state index is 12.2. The molecule has 120 valence electrons. The smallest absolute Gasteiger partial charge is 0.406 e. The van der Waals surface area contributed by atoms with Crippen LogP contribution in [0.3, 0.4) is 0 Å². The van der Waals surface area contributed by atoms with Crippen LogP contribution in [0.1, 0.15) is 64.9 Å². The van der Waals surface area contributed by atoms with Crippen LogP contribution in [0.5, 0.6) is 5.75 Å². The molecule has 4 heteroatoms. The van der Waals surface area contributed by atoms with Crippen LogP contribution in [0.4, 0.5) is 13.2 Å². The highest BCUT2D eigenvalue weighted by Crippen LogP contribution is 2.36. The molecular weight excluding hydrogens is 277 g/mol. The van der Waals surface area contributed by atoms with E-state index in [1.807, 2.05) is 0 Å². The van der Waals surface area contributed by atoms with Crippen LogP contribution >= 0.6 is 0 Å². The number of hydrogen-bond donors (Lipinski definition) is 0. The van der Waals surface area contributed by atoms with E-state index in [4.69, 9.17) is 0 Å². The van der Waals surface area contributed by atoms with Gasteiger partial charge >= 0.3 is 6.36 Å². The van der Waals surface area contributed by atoms with Crippen molar-refractivity contribution in [2.75, 3.05) is 0 Å². The fourth-order valence-electron chi connectivity index (χ4n) is 2.79. The molecule has 0 fully saturated rings. The topological polar surface area (TPSA) is 9.23 Å². The maximum absolute atomic E-state index is 12.2. The Morgan fingerprint density at radius 2 is 1.52 bits per heavy atom. The molecule has 0 saturated heterocycles. The van der Waals surface area contributed by atoms with Gasteiger partial charge in [-0.15, -0.1) is 13.2 Å². The Bertz CT molecular complexity index is 411. The lowest BCUT2D eigenvalue weighted by Gasteiger charge is -2.30. The van der Waals surface area contributed by atoms with Crippen LogP contribution in [0.2, 0.25) is 0 Å². The number of halogens is 3. The van der Waals surface area contributed by atoms with Crippen molar-refractivity contribution in [3.05, 3.63) is 29.8 Å². The summed E-state index contributed by atoms with van der Waals surface area (Å²) in [5, 5.41) is 0. The summed E-state index contributed by atoms with van der Waals surface area (Å²) in [6, 6.07) is 6.36. The molecule has 0 aliphatic heterocycles. The summed E-state index contributed by atoms with van der Waals surface area (Å²) in [6.45, 7) is 6.51. The minimum absolute atomic E-state index is 0.0285. The molecule has 0 aliphatic rings. The van der Waals surface area contributed by atoms with Gasteiger partial charge in [0.1, 0.15) is 5.75 Å². The highest BCUT2D eigenvalue weighted by atomic mass is 19.4. The summed E-state index contributed by atoms with van der Waals surface area (Å²) in [4.78, 5) is 0. The molecule has 0 N–H and O–H groups in total. The van der Waals surface area contributed by atoms with E-state index in [2.05, 4.69) is 25.5 Å². The average molecular weight is 302 g/mol. The van der Waals surface area contributed by atoms with Gasteiger partial charge in [0.15, 0.2) is 0 Å². The Labute approximate surface area is 125 Å². The van der Waals surface area contributed by atoms with E-state index in [0.29, 0.717) is 0 Å². The first-order chi connectivity index (χ1) is 9.80. The number of alkyl halides is 3. The summed E-state index contributed by atoms with van der Waals surface area (Å²) >= 11 is 0. The first-order valence-corrected chi connectivity index (χ1v) is 7.67. The van der Waals surface area contributed by atoms with Crippen molar-refractivity contribution in [1.82, 2.24) is 0 Å². The molecule has 0 radical (unpaired) electrons. The minimum atomic E-state index is -4.63. The molecule has 1 aromatic carbocycles. The summed E-state index contributed by atoms with van der Waals surface area (Å²) in [7, 11) is 0. The normalized spacial score (nSPS) is 14.8. The van der Waals surface area contributed by atoms with Gasteiger partial charge in [-0.2, -0.15) is 0 Å².